The van der Waals surface area contributed by atoms with Gasteiger partial charge in [-0.05, 0) is 0 Å². The van der Waals surface area contributed by atoms with Gasteiger partial charge in [-0.15, -0.1) is 0 Å². The first-order valence-corrected chi connectivity index (χ1v) is 4.32. The van der Waals surface area contributed by atoms with Gasteiger partial charge in [0, 0.05) is 7.77 Å². The van der Waals surface area contributed by atoms with Crippen molar-refractivity contribution in [1.82, 2.24) is 0 Å². The third-order valence-electron chi connectivity index (χ3n) is 2.41. The van der Waals surface area contributed by atoms with Crippen LogP contribution in [0.3, 0.4) is 0 Å². The van der Waals surface area contributed by atoms with E-state index in [1.54, 1.807) is 0 Å². The summed E-state index contributed by atoms with van der Waals surface area (Å²) in [5.74, 6) is -2.29. The molecular formula is C8H16O6. The molecule has 0 aromatic carbocycles. The highest BCUT2D eigenvalue weighted by Gasteiger charge is 2.51. The minimum absolute atomic E-state index is 0.625. The number of rotatable bonds is 2. The highest BCUT2D eigenvalue weighted by molar-refractivity contribution is 4.95. The van der Waals surface area contributed by atoms with E-state index in [9.17, 15) is 20.4 Å². The minimum atomic E-state index is -2.29. The van der Waals surface area contributed by atoms with Crippen LogP contribution in [0.2, 0.25) is 0 Å². The Morgan fingerprint density at radius 2 is 1.93 bits per heavy atom. The molecule has 6 nitrogen and oxygen atoms in total. The molecule has 0 aliphatic carbocycles. The average molecular weight is 209 g/mol. The molecule has 5 N–H and O–H groups in total. The third-order valence-corrected chi connectivity index (χ3v) is 2.41. The van der Waals surface area contributed by atoms with Gasteiger partial charge in [0.25, 0.3) is 0 Å². The van der Waals surface area contributed by atoms with Crippen molar-refractivity contribution in [2.24, 2.45) is 0 Å². The number of hydrogen-bond donors (Lipinski definition) is 5. The van der Waals surface area contributed by atoms with Crippen molar-refractivity contribution in [3.63, 3.8) is 0 Å². The Bertz CT molecular complexity index is 223. The molecule has 14 heavy (non-hydrogen) atoms. The van der Waals surface area contributed by atoms with Crippen molar-refractivity contribution >= 4 is 0 Å². The van der Waals surface area contributed by atoms with Crippen LogP contribution in [0.15, 0.2) is 0 Å². The summed E-state index contributed by atoms with van der Waals surface area (Å²) in [5, 5.41) is 46.8. The largest absolute Gasteiger partial charge is 0.394 e. The standard InChI is InChI=1S/C8H16O6/c1-2-8(13)7(12)6(11)5(10)4(3-9)14-8/h4-7,9-13H,2-3H2,1H3/t4-,5-,6+,7-,8?/m1/s1/i2D/t2?,4-,5-,6+,7-,8?. The lowest BCUT2D eigenvalue weighted by Crippen LogP contribution is -2.64. The van der Waals surface area contributed by atoms with Gasteiger partial charge in [-0.3, -0.25) is 0 Å². The fraction of sp³-hybridized carbons (Fsp3) is 1.00. The zero-order valence-corrected chi connectivity index (χ0v) is 7.74. The molecule has 0 bridgehead atoms. The zero-order chi connectivity index (χ0) is 11.8. The lowest BCUT2D eigenvalue weighted by atomic mass is 9.91. The molecule has 6 atom stereocenters. The zero-order valence-electron chi connectivity index (χ0n) is 8.74. The number of aliphatic hydroxyl groups excluding tert-OH is 4. The molecule has 0 aromatic rings. The maximum absolute atomic E-state index is 9.76. The van der Waals surface area contributed by atoms with Crippen molar-refractivity contribution in [1.29, 1.82) is 0 Å². The van der Waals surface area contributed by atoms with Gasteiger partial charge in [0.1, 0.15) is 24.4 Å². The van der Waals surface area contributed by atoms with E-state index >= 15 is 0 Å². The summed E-state index contributed by atoms with van der Waals surface area (Å²) >= 11 is 0. The lowest BCUT2D eigenvalue weighted by Gasteiger charge is -2.45. The van der Waals surface area contributed by atoms with Crippen LogP contribution < -0.4 is 0 Å². The second kappa shape index (κ2) is 4.09. The fourth-order valence-corrected chi connectivity index (χ4v) is 1.42. The van der Waals surface area contributed by atoms with Crippen LogP contribution >= 0.6 is 0 Å². The monoisotopic (exact) mass is 209 g/mol. The smallest absolute Gasteiger partial charge is 0.194 e. The quantitative estimate of drug-likeness (QED) is 0.345. The molecule has 0 spiro atoms. The lowest BCUT2D eigenvalue weighted by molar-refractivity contribution is -0.349. The molecule has 1 fully saturated rings. The third kappa shape index (κ3) is 1.77. The van der Waals surface area contributed by atoms with E-state index in [0.717, 1.165) is 0 Å². The molecule has 1 aliphatic heterocycles. The predicted molar refractivity (Wildman–Crippen MR) is 45.2 cm³/mol. The van der Waals surface area contributed by atoms with Crippen LogP contribution in [0.5, 0.6) is 0 Å². The van der Waals surface area contributed by atoms with Crippen molar-refractivity contribution < 1.29 is 31.6 Å². The normalized spacial score (nSPS) is 52.6. The molecule has 84 valence electrons. The molecule has 0 amide bonds. The molecule has 1 aliphatic rings. The van der Waals surface area contributed by atoms with Gasteiger partial charge < -0.3 is 30.3 Å². The summed E-state index contributed by atoms with van der Waals surface area (Å²) in [6.07, 6.45) is -7.40. The van der Waals surface area contributed by atoms with Gasteiger partial charge >= 0.3 is 0 Å². The van der Waals surface area contributed by atoms with Crippen LogP contribution in [-0.2, 0) is 4.74 Å². The van der Waals surface area contributed by atoms with E-state index in [1.165, 1.54) is 6.92 Å². The average Bonchev–Trinajstić information content (AvgIpc) is 2.20. The Kier molecular flexibility index (Phi) is 3.01. The maximum atomic E-state index is 9.76. The molecule has 0 radical (unpaired) electrons. The Morgan fingerprint density at radius 3 is 2.36 bits per heavy atom. The summed E-state index contributed by atoms with van der Waals surface area (Å²) < 4.78 is 12.1. The van der Waals surface area contributed by atoms with Crippen molar-refractivity contribution in [2.45, 2.75) is 43.5 Å². The summed E-state index contributed by atoms with van der Waals surface area (Å²) in [6.45, 7) is 0.641. The van der Waals surface area contributed by atoms with Gasteiger partial charge in [0.05, 0.1) is 6.61 Å². The maximum Gasteiger partial charge on any atom is 0.194 e. The molecule has 1 saturated heterocycles. The van der Waals surface area contributed by atoms with Gasteiger partial charge in [0.15, 0.2) is 5.79 Å². The second-order valence-electron chi connectivity index (χ2n) is 3.31. The number of aliphatic hydroxyl groups is 5. The van der Waals surface area contributed by atoms with Gasteiger partial charge in [-0.1, -0.05) is 6.92 Å². The van der Waals surface area contributed by atoms with E-state index < -0.39 is 43.2 Å². The summed E-state index contributed by atoms with van der Waals surface area (Å²) in [7, 11) is 0. The van der Waals surface area contributed by atoms with Gasteiger partial charge in [0.2, 0.25) is 0 Å². The topological polar surface area (TPSA) is 110 Å². The van der Waals surface area contributed by atoms with Crippen molar-refractivity contribution in [2.75, 3.05) is 6.61 Å². The molecule has 1 rings (SSSR count). The van der Waals surface area contributed by atoms with Crippen LogP contribution in [0.1, 0.15) is 14.7 Å². The Hall–Kier alpha value is -0.240. The van der Waals surface area contributed by atoms with E-state index in [1.807, 2.05) is 0 Å². The first-order valence-electron chi connectivity index (χ1n) is 4.89. The number of ether oxygens (including phenoxy) is 1. The van der Waals surface area contributed by atoms with Crippen LogP contribution in [0, 0.1) is 0 Å². The van der Waals surface area contributed by atoms with Crippen LogP contribution in [-0.4, -0.2) is 62.3 Å². The highest BCUT2D eigenvalue weighted by atomic mass is 16.7. The van der Waals surface area contributed by atoms with Crippen LogP contribution in [0.25, 0.3) is 0 Å². The van der Waals surface area contributed by atoms with Crippen molar-refractivity contribution in [3.05, 3.63) is 0 Å². The van der Waals surface area contributed by atoms with Gasteiger partial charge in [-0.25, -0.2) is 0 Å². The SMILES string of the molecule is [2H]C(C)C1(O)O[C@H](CO)[C@@H](O)[C@H](O)[C@H]1O. The fourth-order valence-electron chi connectivity index (χ4n) is 1.42. The molecular weight excluding hydrogens is 192 g/mol. The van der Waals surface area contributed by atoms with E-state index in [-0.39, 0.29) is 0 Å². The van der Waals surface area contributed by atoms with E-state index in [2.05, 4.69) is 0 Å². The number of hydrogen-bond acceptors (Lipinski definition) is 6. The van der Waals surface area contributed by atoms with Crippen LogP contribution in [0.4, 0.5) is 0 Å². The summed E-state index contributed by atoms with van der Waals surface area (Å²) in [6, 6.07) is 0. The molecule has 0 saturated carbocycles. The predicted octanol–water partition coefficient (Wildman–Crippen LogP) is -2.44. The van der Waals surface area contributed by atoms with E-state index in [0.29, 0.717) is 0 Å². The van der Waals surface area contributed by atoms with Gasteiger partial charge in [-0.2, -0.15) is 0 Å². The Labute approximate surface area is 82.8 Å². The molecule has 6 heteroatoms. The minimum Gasteiger partial charge on any atom is -0.394 e. The Morgan fingerprint density at radius 1 is 1.36 bits per heavy atom. The summed E-state index contributed by atoms with van der Waals surface area (Å²) in [5.41, 5.74) is 0. The van der Waals surface area contributed by atoms with Crippen molar-refractivity contribution in [3.8, 4) is 0 Å². The molecule has 1 heterocycles. The first kappa shape index (κ1) is 10.3. The molecule has 2 unspecified atom stereocenters. The van der Waals surface area contributed by atoms with E-state index in [4.69, 9.17) is 11.2 Å². The highest BCUT2D eigenvalue weighted by Crippen LogP contribution is 2.30. The second-order valence-corrected chi connectivity index (χ2v) is 3.31. The Balaban J connectivity index is 2.92. The summed E-state index contributed by atoms with van der Waals surface area (Å²) in [4.78, 5) is 0. The molecule has 0 aromatic heterocycles. The first-order chi connectivity index (χ1) is 6.84.